The monoisotopic (exact) mass is 290 g/mol. The summed E-state index contributed by atoms with van der Waals surface area (Å²) in [5, 5.41) is 1.36. The van der Waals surface area contributed by atoms with Crippen molar-refractivity contribution in [2.45, 2.75) is 6.92 Å². The van der Waals surface area contributed by atoms with E-state index in [-0.39, 0.29) is 24.8 Å². The van der Waals surface area contributed by atoms with Gasteiger partial charge < -0.3 is 24.8 Å². The molecule has 1 aromatic heterocycles. The first kappa shape index (κ1) is 13.2. The molecule has 0 aliphatic rings. The summed E-state index contributed by atoms with van der Waals surface area (Å²) in [6.07, 6.45) is 0. The number of H-pyrrole nitrogens is 1. The number of para-hydroxylation sites is 1. The summed E-state index contributed by atoms with van der Waals surface area (Å²) >= 11 is 1.46. The van der Waals surface area contributed by atoms with Gasteiger partial charge in [0.1, 0.15) is 0 Å². The molecule has 4 heteroatoms. The number of aryl methyl sites for hydroxylation is 1. The molecule has 2 aromatic rings. The molecule has 0 saturated carbocycles. The average molecular weight is 292 g/mol. The Balaban J connectivity index is 0.000000720. The molecule has 67 valence electrons. The summed E-state index contributed by atoms with van der Waals surface area (Å²) < 4.78 is 1.36. The zero-order valence-corrected chi connectivity index (χ0v) is 11.0. The molecule has 1 aromatic carbocycles. The zero-order chi connectivity index (χ0) is 7.84. The first-order valence-corrected chi connectivity index (χ1v) is 4.81. The van der Waals surface area contributed by atoms with E-state index in [4.69, 9.17) is 0 Å². The van der Waals surface area contributed by atoms with E-state index in [0.717, 1.165) is 0 Å². The van der Waals surface area contributed by atoms with Crippen LogP contribution in [0.25, 0.3) is 10.9 Å². The maximum atomic E-state index is 3.37. The third-order valence-corrected chi connectivity index (χ3v) is 3.19. The summed E-state index contributed by atoms with van der Waals surface area (Å²) in [7, 11) is 0. The molecule has 0 bridgehead atoms. The van der Waals surface area contributed by atoms with E-state index in [1.165, 1.54) is 44.6 Å². The van der Waals surface area contributed by atoms with Crippen LogP contribution in [0.15, 0.2) is 24.3 Å². The van der Waals surface area contributed by atoms with E-state index < -0.39 is 0 Å². The van der Waals surface area contributed by atoms with Crippen molar-refractivity contribution in [1.29, 1.82) is 0 Å². The second-order valence-corrected chi connectivity index (χ2v) is 3.90. The molecule has 13 heavy (non-hydrogen) atoms. The van der Waals surface area contributed by atoms with Crippen LogP contribution >= 0.6 is 0 Å². The summed E-state index contributed by atoms with van der Waals surface area (Å²) in [5.41, 5.74) is 2.66. The van der Waals surface area contributed by atoms with E-state index >= 15 is 0 Å². The normalized spacial score (nSPS) is 9.15. The number of nitrogens with one attached hydrogen (secondary N) is 1. The Bertz CT molecular complexity index is 397. The molecule has 0 fully saturated rings. The van der Waals surface area contributed by atoms with Gasteiger partial charge in [0.2, 0.25) is 0 Å². The fourth-order valence-electron chi connectivity index (χ4n) is 1.28. The van der Waals surface area contributed by atoms with Crippen LogP contribution in [-0.4, -0.2) is 4.98 Å². The third-order valence-electron chi connectivity index (χ3n) is 1.97. The number of aromatic nitrogens is 1. The van der Waals surface area contributed by atoms with Gasteiger partial charge in [0, 0.05) is 0 Å². The molecule has 0 atom stereocenters. The molecule has 1 heterocycles. The van der Waals surface area contributed by atoms with Crippen molar-refractivity contribution in [1.82, 2.24) is 4.98 Å². The molecule has 1 N–H and O–H groups in total. The fourth-order valence-corrected chi connectivity index (χ4v) is 1.94. The van der Waals surface area contributed by atoms with Gasteiger partial charge in [0.05, 0.1) is 0 Å². The molecule has 0 amide bonds. The second-order valence-electron chi connectivity index (χ2n) is 2.67. The van der Waals surface area contributed by atoms with E-state index in [0.29, 0.717) is 0 Å². The van der Waals surface area contributed by atoms with Crippen molar-refractivity contribution in [3.05, 3.63) is 29.8 Å². The molecular formula is C9H8Cl2NZr. The van der Waals surface area contributed by atoms with Gasteiger partial charge in [-0.3, -0.25) is 0 Å². The Kier molecular flexibility index (Phi) is 5.28. The predicted octanol–water partition coefficient (Wildman–Crippen LogP) is -4.34. The van der Waals surface area contributed by atoms with Crippen LogP contribution in [0.3, 0.4) is 0 Å². The number of benzene rings is 1. The molecule has 0 aliphatic heterocycles. The van der Waals surface area contributed by atoms with Crippen molar-refractivity contribution in [3.8, 4) is 0 Å². The van der Waals surface area contributed by atoms with E-state index in [2.05, 4.69) is 36.2 Å². The van der Waals surface area contributed by atoms with Crippen LogP contribution in [0, 0.1) is 6.92 Å². The van der Waals surface area contributed by atoms with Crippen LogP contribution in [-0.2, 0) is 24.7 Å². The minimum Gasteiger partial charge on any atom is -1.00 e. The fraction of sp³-hybridized carbons (Fsp3) is 0.111. The van der Waals surface area contributed by atoms with Gasteiger partial charge in [-0.05, 0) is 0 Å². The minimum absolute atomic E-state index is 0. The molecule has 0 unspecified atom stereocenters. The molecule has 0 spiro atoms. The summed E-state index contributed by atoms with van der Waals surface area (Å²) in [6.45, 7) is 2.17. The van der Waals surface area contributed by atoms with Crippen molar-refractivity contribution in [2.24, 2.45) is 0 Å². The van der Waals surface area contributed by atoms with Crippen LogP contribution < -0.4 is 28.2 Å². The van der Waals surface area contributed by atoms with Crippen molar-refractivity contribution < 1.29 is 49.5 Å². The van der Waals surface area contributed by atoms with Crippen molar-refractivity contribution in [2.75, 3.05) is 0 Å². The second kappa shape index (κ2) is 5.19. The van der Waals surface area contributed by atoms with Crippen LogP contribution in [0.2, 0.25) is 0 Å². The summed E-state index contributed by atoms with van der Waals surface area (Å²) in [4.78, 5) is 3.37. The molecule has 0 saturated heterocycles. The molecule has 0 radical (unpaired) electrons. The van der Waals surface area contributed by atoms with E-state index in [9.17, 15) is 0 Å². The maximum absolute atomic E-state index is 3.37. The molecule has 1 nitrogen and oxygen atoms in total. The van der Waals surface area contributed by atoms with Gasteiger partial charge in [0.25, 0.3) is 0 Å². The van der Waals surface area contributed by atoms with Gasteiger partial charge >= 0.3 is 80.8 Å². The Hall–Kier alpha value is 0.223. The van der Waals surface area contributed by atoms with Gasteiger partial charge in [0.15, 0.2) is 0 Å². The Labute approximate surface area is 105 Å². The Morgan fingerprint density at radius 3 is 2.38 bits per heavy atom. The molecule has 2 rings (SSSR count). The standard InChI is InChI=1S/C9H8N.2ClH.Zr/c1-7-6-10-9-5-3-2-4-8(7)9;;;/h2-5,10H,1H3;2*1H;/q;;;+2/p-2. The smallest absolute Gasteiger partial charge is 1.00 e. The van der Waals surface area contributed by atoms with Crippen molar-refractivity contribution in [3.63, 3.8) is 0 Å². The minimum atomic E-state index is 0. The largest absolute Gasteiger partial charge is 1.00 e. The number of rotatable bonds is 0. The van der Waals surface area contributed by atoms with Crippen LogP contribution in [0.5, 0.6) is 0 Å². The zero-order valence-electron chi connectivity index (χ0n) is 7.07. The Morgan fingerprint density at radius 1 is 1.15 bits per heavy atom. The Morgan fingerprint density at radius 2 is 1.77 bits per heavy atom. The van der Waals surface area contributed by atoms with Crippen LogP contribution in [0.4, 0.5) is 0 Å². The summed E-state index contributed by atoms with van der Waals surface area (Å²) in [6, 6.07) is 8.43. The predicted molar refractivity (Wildman–Crippen MR) is 42.7 cm³/mol. The number of aromatic amines is 1. The van der Waals surface area contributed by atoms with E-state index in [1.807, 2.05) is 0 Å². The SMILES string of the molecule is Cc1[c]([Zr+2])[nH]c2ccccc12.[Cl-].[Cl-]. The molecular weight excluding hydrogens is 284 g/mol. The first-order chi connectivity index (χ1) is 5.29. The van der Waals surface area contributed by atoms with Gasteiger partial charge in [-0.25, -0.2) is 0 Å². The van der Waals surface area contributed by atoms with Gasteiger partial charge in [-0.2, -0.15) is 0 Å². The summed E-state index contributed by atoms with van der Waals surface area (Å²) in [5.74, 6) is 0. The van der Waals surface area contributed by atoms with E-state index in [1.54, 1.807) is 0 Å². The van der Waals surface area contributed by atoms with Gasteiger partial charge in [-0.15, -0.1) is 0 Å². The average Bonchev–Trinajstić information content (AvgIpc) is 2.30. The number of hydrogen-bond donors (Lipinski definition) is 1. The maximum Gasteiger partial charge on any atom is -1.00 e. The number of fused-ring (bicyclic) bond motifs is 1. The van der Waals surface area contributed by atoms with Gasteiger partial charge in [-0.1, -0.05) is 0 Å². The number of halogens is 2. The third kappa shape index (κ3) is 2.37. The first-order valence-electron chi connectivity index (χ1n) is 3.58. The topological polar surface area (TPSA) is 15.8 Å². The van der Waals surface area contributed by atoms with Crippen LogP contribution in [0.1, 0.15) is 5.56 Å². The van der Waals surface area contributed by atoms with Crippen molar-refractivity contribution >= 4 is 14.3 Å². The quantitative estimate of drug-likeness (QED) is 0.505. The number of hydrogen-bond acceptors (Lipinski definition) is 0. The molecule has 0 aliphatic carbocycles.